The van der Waals surface area contributed by atoms with Gasteiger partial charge in [-0.15, -0.1) is 0 Å². The number of benzene rings is 1. The molecule has 0 bridgehead atoms. The molecule has 2 N–H and O–H groups in total. The fourth-order valence-corrected chi connectivity index (χ4v) is 4.45. The zero-order valence-corrected chi connectivity index (χ0v) is 14.3. The van der Waals surface area contributed by atoms with E-state index < -0.39 is 0 Å². The molecule has 0 radical (unpaired) electrons. The zero-order chi connectivity index (χ0) is 16.1. The number of piperidine rings is 1. The maximum atomic E-state index is 13.5. The van der Waals surface area contributed by atoms with Crippen LogP contribution in [0.25, 0.3) is 0 Å². The Morgan fingerprint density at radius 3 is 2.91 bits per heavy atom. The first-order chi connectivity index (χ1) is 11.2. The first-order valence-electron chi connectivity index (χ1n) is 8.51. The predicted octanol–water partition coefficient (Wildman–Crippen LogP) is 2.95. The highest BCUT2D eigenvalue weighted by molar-refractivity contribution is 7.98. The molecule has 126 valence electrons. The van der Waals surface area contributed by atoms with Crippen molar-refractivity contribution in [2.24, 2.45) is 11.3 Å². The molecule has 3 nitrogen and oxygen atoms in total. The number of halogens is 1. The van der Waals surface area contributed by atoms with Crippen LogP contribution in [-0.2, 0) is 10.5 Å². The molecule has 0 unspecified atom stereocenters. The highest BCUT2D eigenvalue weighted by atomic mass is 32.2. The highest BCUT2D eigenvalue weighted by Gasteiger charge is 2.57. The van der Waals surface area contributed by atoms with Crippen LogP contribution in [0.1, 0.15) is 31.2 Å². The first-order valence-corrected chi connectivity index (χ1v) is 9.66. The van der Waals surface area contributed by atoms with Gasteiger partial charge >= 0.3 is 0 Å². The molecule has 1 spiro atoms. The van der Waals surface area contributed by atoms with Gasteiger partial charge in [-0.05, 0) is 61.6 Å². The van der Waals surface area contributed by atoms with Crippen LogP contribution in [0.3, 0.4) is 0 Å². The van der Waals surface area contributed by atoms with Gasteiger partial charge < -0.3 is 10.6 Å². The molecule has 2 fully saturated rings. The lowest BCUT2D eigenvalue weighted by molar-refractivity contribution is -0.123. The summed E-state index contributed by atoms with van der Waals surface area (Å²) in [7, 11) is 0. The van der Waals surface area contributed by atoms with Crippen LogP contribution in [0.2, 0.25) is 0 Å². The third kappa shape index (κ3) is 4.27. The highest BCUT2D eigenvalue weighted by Crippen LogP contribution is 2.58. The fourth-order valence-electron chi connectivity index (χ4n) is 3.50. The van der Waals surface area contributed by atoms with E-state index in [1.165, 1.54) is 6.07 Å². The summed E-state index contributed by atoms with van der Waals surface area (Å²) in [5.74, 6) is 1.99. The van der Waals surface area contributed by atoms with E-state index in [4.69, 9.17) is 0 Å². The van der Waals surface area contributed by atoms with Gasteiger partial charge in [0.15, 0.2) is 0 Å². The molecular weight excluding hydrogens is 311 g/mol. The van der Waals surface area contributed by atoms with E-state index in [0.29, 0.717) is 11.2 Å². The van der Waals surface area contributed by atoms with Crippen molar-refractivity contribution in [1.82, 2.24) is 10.6 Å². The minimum atomic E-state index is -0.130. The Balaban J connectivity index is 1.27. The van der Waals surface area contributed by atoms with Gasteiger partial charge in [0.1, 0.15) is 5.82 Å². The van der Waals surface area contributed by atoms with Crippen molar-refractivity contribution in [3.05, 3.63) is 35.6 Å². The van der Waals surface area contributed by atoms with E-state index in [-0.39, 0.29) is 17.6 Å². The summed E-state index contributed by atoms with van der Waals surface area (Å²) in [6.45, 7) is 2.83. The van der Waals surface area contributed by atoms with Crippen LogP contribution in [0, 0.1) is 17.2 Å². The van der Waals surface area contributed by atoms with E-state index in [1.807, 2.05) is 12.1 Å². The summed E-state index contributed by atoms with van der Waals surface area (Å²) in [6.07, 6.45) is 4.29. The molecule has 1 aliphatic carbocycles. The Morgan fingerprint density at radius 2 is 2.13 bits per heavy atom. The second kappa shape index (κ2) is 7.67. The normalized spacial score (nSPS) is 22.0. The summed E-state index contributed by atoms with van der Waals surface area (Å²) in [6, 6.07) is 6.91. The Hall–Kier alpha value is -1.07. The van der Waals surface area contributed by atoms with Gasteiger partial charge in [0.2, 0.25) is 5.91 Å². The van der Waals surface area contributed by atoms with Gasteiger partial charge in [-0.3, -0.25) is 4.79 Å². The van der Waals surface area contributed by atoms with Gasteiger partial charge in [0, 0.05) is 18.2 Å². The van der Waals surface area contributed by atoms with Gasteiger partial charge in [0.25, 0.3) is 0 Å². The summed E-state index contributed by atoms with van der Waals surface area (Å²) >= 11 is 1.72. The largest absolute Gasteiger partial charge is 0.356 e. The molecule has 1 atom stereocenters. The van der Waals surface area contributed by atoms with Crippen molar-refractivity contribution in [1.29, 1.82) is 0 Å². The minimum absolute atomic E-state index is 0.130. The quantitative estimate of drug-likeness (QED) is 0.752. The van der Waals surface area contributed by atoms with Crippen LogP contribution in [-0.4, -0.2) is 31.3 Å². The van der Waals surface area contributed by atoms with E-state index in [2.05, 4.69) is 10.6 Å². The average molecular weight is 336 g/mol. The number of amides is 1. The monoisotopic (exact) mass is 336 g/mol. The Kier molecular flexibility index (Phi) is 5.59. The number of carbonyl (C=O) groups is 1. The van der Waals surface area contributed by atoms with Crippen molar-refractivity contribution in [2.75, 3.05) is 25.4 Å². The molecule has 1 saturated heterocycles. The molecule has 5 heteroatoms. The molecule has 3 rings (SSSR count). The molecule has 1 aromatic carbocycles. The Morgan fingerprint density at radius 1 is 1.35 bits per heavy atom. The number of carbonyl (C=O) groups excluding carboxylic acids is 1. The lowest BCUT2D eigenvalue weighted by Gasteiger charge is -2.23. The Bertz CT molecular complexity index is 546. The number of hydrogen-bond acceptors (Lipinski definition) is 3. The molecule has 1 saturated carbocycles. The number of hydrogen-bond donors (Lipinski definition) is 2. The van der Waals surface area contributed by atoms with E-state index in [0.717, 1.165) is 56.6 Å². The van der Waals surface area contributed by atoms with Crippen molar-refractivity contribution in [3.8, 4) is 0 Å². The van der Waals surface area contributed by atoms with Gasteiger partial charge in [-0.1, -0.05) is 18.2 Å². The molecule has 1 aliphatic heterocycles. The summed E-state index contributed by atoms with van der Waals surface area (Å²) in [4.78, 5) is 12.2. The van der Waals surface area contributed by atoms with Crippen LogP contribution < -0.4 is 10.6 Å². The molecule has 1 amide bonds. The molecule has 1 aromatic rings. The summed E-state index contributed by atoms with van der Waals surface area (Å²) in [5, 5.41) is 6.44. The zero-order valence-electron chi connectivity index (χ0n) is 13.4. The van der Waals surface area contributed by atoms with Gasteiger partial charge in [-0.2, -0.15) is 11.8 Å². The molecular formula is C18H25FN2OS. The van der Waals surface area contributed by atoms with Gasteiger partial charge in [0.05, 0.1) is 0 Å². The van der Waals surface area contributed by atoms with Crippen LogP contribution >= 0.6 is 11.8 Å². The third-order valence-corrected chi connectivity index (χ3v) is 6.18. The standard InChI is InChI=1S/C18H25FN2OS/c19-16-5-2-1-4-14(16)13-23-11-3-8-21-17(22)15-12-18(15)6-9-20-10-7-18/h1-2,4-5,15,20H,3,6-13H2,(H,21,22)/t15-/m0/s1. The molecule has 23 heavy (non-hydrogen) atoms. The fraction of sp³-hybridized carbons (Fsp3) is 0.611. The van der Waals surface area contributed by atoms with Crippen molar-refractivity contribution in [3.63, 3.8) is 0 Å². The SMILES string of the molecule is O=C(NCCCSCc1ccccc1F)[C@@H]1CC12CCNCC2. The van der Waals surface area contributed by atoms with Crippen molar-refractivity contribution >= 4 is 17.7 Å². The summed E-state index contributed by atoms with van der Waals surface area (Å²) < 4.78 is 13.5. The topological polar surface area (TPSA) is 41.1 Å². The third-order valence-electron chi connectivity index (χ3n) is 5.09. The van der Waals surface area contributed by atoms with Gasteiger partial charge in [-0.25, -0.2) is 4.39 Å². The minimum Gasteiger partial charge on any atom is -0.356 e. The lowest BCUT2D eigenvalue weighted by atomic mass is 9.92. The lowest BCUT2D eigenvalue weighted by Crippen LogP contribution is -2.34. The molecule has 2 aliphatic rings. The maximum Gasteiger partial charge on any atom is 0.223 e. The smallest absolute Gasteiger partial charge is 0.223 e. The number of rotatable bonds is 7. The molecule has 1 heterocycles. The van der Waals surface area contributed by atoms with Crippen LogP contribution in [0.4, 0.5) is 4.39 Å². The van der Waals surface area contributed by atoms with E-state index >= 15 is 0 Å². The van der Waals surface area contributed by atoms with E-state index in [1.54, 1.807) is 17.8 Å². The van der Waals surface area contributed by atoms with Crippen LogP contribution in [0.5, 0.6) is 0 Å². The van der Waals surface area contributed by atoms with E-state index in [9.17, 15) is 9.18 Å². The second-order valence-corrected chi connectivity index (χ2v) is 7.76. The predicted molar refractivity (Wildman–Crippen MR) is 92.8 cm³/mol. The number of nitrogens with one attached hydrogen (secondary N) is 2. The average Bonchev–Trinajstić information content (AvgIpc) is 3.26. The number of thioether (sulfide) groups is 1. The van der Waals surface area contributed by atoms with Crippen molar-refractivity contribution in [2.45, 2.75) is 31.4 Å². The Labute approximate surface area is 141 Å². The summed E-state index contributed by atoms with van der Waals surface area (Å²) in [5.41, 5.74) is 1.07. The maximum absolute atomic E-state index is 13.5. The first kappa shape index (κ1) is 16.8. The van der Waals surface area contributed by atoms with Crippen molar-refractivity contribution < 1.29 is 9.18 Å². The second-order valence-electron chi connectivity index (χ2n) is 6.66. The molecule has 0 aromatic heterocycles. The van der Waals surface area contributed by atoms with Crippen LogP contribution in [0.15, 0.2) is 24.3 Å².